The second-order valence-corrected chi connectivity index (χ2v) is 22.3. The normalized spacial score (nSPS) is 12.6. The minimum Gasteiger partial charge on any atom is 0 e. The number of nitrogens with zero attached hydrogens (tertiary/aromatic N) is 4. The van der Waals surface area contributed by atoms with Crippen LogP contribution in [0.3, 0.4) is 0 Å². The molecule has 8 aromatic rings. The van der Waals surface area contributed by atoms with Crippen LogP contribution in [0.1, 0.15) is 111 Å². The van der Waals surface area contributed by atoms with Gasteiger partial charge in [0.2, 0.25) is 0 Å². The van der Waals surface area contributed by atoms with E-state index in [0.29, 0.717) is 11.4 Å². The molecule has 0 atom stereocenters. The fraction of sp³-hybridized carbons (Fsp3) is 0.315. The van der Waals surface area contributed by atoms with Gasteiger partial charge in [-0.05, 0) is 21.8 Å². The van der Waals surface area contributed by atoms with Crippen molar-refractivity contribution in [2.24, 2.45) is 0 Å². The minimum absolute atomic E-state index is 0. The molecule has 5 aromatic carbocycles. The Morgan fingerprint density at radius 3 is 1.90 bits per heavy atom. The van der Waals surface area contributed by atoms with E-state index in [1.807, 2.05) is 0 Å². The molecule has 0 saturated carbocycles. The van der Waals surface area contributed by atoms with Crippen molar-refractivity contribution in [1.29, 1.82) is 0 Å². The quantitative estimate of drug-likeness (QED) is 0.138. The number of aromatic nitrogens is 4. The molecule has 0 aliphatic rings. The van der Waals surface area contributed by atoms with Crippen LogP contribution >= 0.6 is 0 Å². The zero-order valence-corrected chi connectivity index (χ0v) is 41.8. The van der Waals surface area contributed by atoms with Gasteiger partial charge >= 0.3 is 244 Å². The van der Waals surface area contributed by atoms with Crippen LogP contribution in [0, 0.1) is 13.0 Å². The first kappa shape index (κ1) is 44.5. The third kappa shape index (κ3) is 8.37. The number of hydrogen-bond acceptors (Lipinski definition) is 4. The fourth-order valence-electron chi connectivity index (χ4n) is 8.03. The van der Waals surface area contributed by atoms with Crippen molar-refractivity contribution in [3.05, 3.63) is 136 Å². The van der Waals surface area contributed by atoms with Gasteiger partial charge in [-0.25, -0.2) is 0 Å². The standard InChI is InChI=1S/C54H57N4OSe.Pt/c1-32-30-60-49-45(32)55-31-56-46(49)35-24-34(25-37(26-35)52(5,6)7)39-20-17-21-44-47(39)57-50(41-28-38(53(8,9)10)29-42(48(41)59)54(11,12)13)58(44)43-23-22-36(51(2,3)4)27-40(43)33-18-15-14-16-19-33;/h14-23,25-31,59H,1-13H3;/q-1;. The van der Waals surface area contributed by atoms with Crippen molar-refractivity contribution in [2.45, 2.75) is 112 Å². The van der Waals surface area contributed by atoms with Crippen LogP contribution < -0.4 is 0 Å². The van der Waals surface area contributed by atoms with E-state index in [9.17, 15) is 5.11 Å². The third-order valence-corrected chi connectivity index (χ3v) is 14.0. The van der Waals surface area contributed by atoms with Gasteiger partial charge in [0.05, 0.1) is 0 Å². The molecule has 0 spiro atoms. The van der Waals surface area contributed by atoms with E-state index in [-0.39, 0.29) is 63.0 Å². The predicted molar refractivity (Wildman–Crippen MR) is 253 cm³/mol. The van der Waals surface area contributed by atoms with E-state index in [1.54, 1.807) is 6.33 Å². The Morgan fingerprint density at radius 1 is 0.607 bits per heavy atom. The molecular formula is C54H57N4OPtSe-. The summed E-state index contributed by atoms with van der Waals surface area (Å²) in [5.41, 5.74) is 15.6. The molecule has 61 heavy (non-hydrogen) atoms. The monoisotopic (exact) mass is 1050 g/mol. The Balaban J connectivity index is 0.00000561. The minimum atomic E-state index is -0.319. The smallest absolute Gasteiger partial charge is 0 e. The number of fused-ring (bicyclic) bond motifs is 2. The number of phenols is 1. The van der Waals surface area contributed by atoms with Crippen molar-refractivity contribution >= 4 is 35.3 Å². The molecule has 3 heterocycles. The van der Waals surface area contributed by atoms with Gasteiger partial charge in [-0.2, -0.15) is 0 Å². The van der Waals surface area contributed by atoms with Gasteiger partial charge in [-0.15, -0.1) is 0 Å². The topological polar surface area (TPSA) is 63.8 Å². The average molecular weight is 1050 g/mol. The summed E-state index contributed by atoms with van der Waals surface area (Å²) >= 11 is 0.143. The van der Waals surface area contributed by atoms with E-state index in [1.165, 1.54) is 21.0 Å². The van der Waals surface area contributed by atoms with Crippen LogP contribution in [0.2, 0.25) is 0 Å². The molecule has 5 nitrogen and oxygen atoms in total. The summed E-state index contributed by atoms with van der Waals surface area (Å²) in [6.45, 7) is 28.9. The van der Waals surface area contributed by atoms with E-state index in [0.717, 1.165) is 66.9 Å². The molecule has 0 fully saturated rings. The van der Waals surface area contributed by atoms with Crippen molar-refractivity contribution in [3.8, 4) is 56.3 Å². The second-order valence-electron chi connectivity index (χ2n) is 20.5. The number of benzene rings is 5. The molecule has 0 radical (unpaired) electrons. The Labute approximate surface area is 382 Å². The van der Waals surface area contributed by atoms with E-state index < -0.39 is 0 Å². The zero-order valence-electron chi connectivity index (χ0n) is 37.8. The molecule has 3 aromatic heterocycles. The molecule has 0 aliphatic carbocycles. The molecule has 0 unspecified atom stereocenters. The first-order chi connectivity index (χ1) is 28.1. The first-order valence-corrected chi connectivity index (χ1v) is 22.8. The third-order valence-electron chi connectivity index (χ3n) is 11.7. The van der Waals surface area contributed by atoms with E-state index >= 15 is 0 Å². The molecule has 7 heteroatoms. The van der Waals surface area contributed by atoms with Crippen LogP contribution in [0.15, 0.2) is 102 Å². The zero-order chi connectivity index (χ0) is 43.1. The van der Waals surface area contributed by atoms with Crippen molar-refractivity contribution < 1.29 is 26.2 Å². The predicted octanol–water partition coefficient (Wildman–Crippen LogP) is 13.7. The maximum absolute atomic E-state index is 12.5. The number of imidazole rings is 1. The van der Waals surface area contributed by atoms with Crippen LogP contribution in [-0.4, -0.2) is 39.1 Å². The van der Waals surface area contributed by atoms with E-state index in [4.69, 9.17) is 9.97 Å². The van der Waals surface area contributed by atoms with Gasteiger partial charge < -0.3 is 0 Å². The molecule has 0 saturated heterocycles. The van der Waals surface area contributed by atoms with Crippen LogP contribution in [0.5, 0.6) is 5.75 Å². The Morgan fingerprint density at radius 2 is 1.25 bits per heavy atom. The van der Waals surface area contributed by atoms with Gasteiger partial charge in [0.25, 0.3) is 0 Å². The van der Waals surface area contributed by atoms with Gasteiger partial charge in [0.1, 0.15) is 0 Å². The van der Waals surface area contributed by atoms with Crippen molar-refractivity contribution in [3.63, 3.8) is 0 Å². The Kier molecular flexibility index (Phi) is 11.6. The van der Waals surface area contributed by atoms with Crippen LogP contribution in [0.4, 0.5) is 0 Å². The summed E-state index contributed by atoms with van der Waals surface area (Å²) in [6.07, 6.45) is 1.69. The Bertz CT molecular complexity index is 2930. The number of aromatic hydroxyl groups is 1. The van der Waals surface area contributed by atoms with Gasteiger partial charge in [-0.1, -0.05) is 98.7 Å². The van der Waals surface area contributed by atoms with Gasteiger partial charge in [0, 0.05) is 21.1 Å². The first-order valence-electron chi connectivity index (χ1n) is 21.0. The van der Waals surface area contributed by atoms with Crippen LogP contribution in [-0.2, 0) is 42.7 Å². The average Bonchev–Trinajstić information content (AvgIpc) is 3.76. The molecule has 0 amide bonds. The summed E-state index contributed by atoms with van der Waals surface area (Å²) in [5, 5.41) is 12.5. The maximum atomic E-state index is 12.5. The second kappa shape index (κ2) is 15.9. The number of phenolic OH excluding ortho intramolecular Hbond substituents is 1. The molecule has 8 rings (SSSR count). The summed E-state index contributed by atoms with van der Waals surface area (Å²) in [6, 6.07) is 36.7. The molecule has 0 bridgehead atoms. The molecule has 0 aliphatic heterocycles. The number of para-hydroxylation sites is 1. The summed E-state index contributed by atoms with van der Waals surface area (Å²) < 4.78 is 3.49. The largest absolute Gasteiger partial charge is 0 e. The fourth-order valence-corrected chi connectivity index (χ4v) is 10.1. The van der Waals surface area contributed by atoms with Gasteiger partial charge in [0.15, 0.2) is 0 Å². The molecule has 316 valence electrons. The number of aryl methyl sites for hydroxylation is 1. The van der Waals surface area contributed by atoms with E-state index in [2.05, 4.69) is 202 Å². The Hall–Kier alpha value is -4.60. The summed E-state index contributed by atoms with van der Waals surface area (Å²) in [5.74, 6) is 0.950. The van der Waals surface area contributed by atoms with Crippen molar-refractivity contribution in [2.75, 3.05) is 0 Å². The van der Waals surface area contributed by atoms with Crippen molar-refractivity contribution in [1.82, 2.24) is 19.5 Å². The molecular weight excluding hydrogens is 995 g/mol. The summed E-state index contributed by atoms with van der Waals surface area (Å²) in [7, 11) is 0. The number of hydrogen-bond donors (Lipinski definition) is 1. The maximum Gasteiger partial charge on any atom is 0 e. The molecule has 1 N–H and O–H groups in total. The summed E-state index contributed by atoms with van der Waals surface area (Å²) in [4.78, 5) is 17.5. The number of rotatable bonds is 5. The van der Waals surface area contributed by atoms with Crippen LogP contribution in [0.25, 0.3) is 71.4 Å². The van der Waals surface area contributed by atoms with Gasteiger partial charge in [-0.3, -0.25) is 0 Å². The SMILES string of the molecule is Cc1c[se]c2c(-c3[c-]c(-c4cccc5c4nc(-c4cc(C(C)(C)C)cc(C(C)(C)C)c4O)n5-c4ccc(C(C)(C)C)cc4-c4ccccc4)cc(C(C)(C)C)c3)ncnc12.[Pt].